The van der Waals surface area contributed by atoms with Gasteiger partial charge in [0.05, 0.1) is 17.4 Å². The van der Waals surface area contributed by atoms with Crippen molar-refractivity contribution in [1.29, 1.82) is 0 Å². The lowest BCUT2D eigenvalue weighted by Gasteiger charge is -2.14. The number of hydrogen-bond donors (Lipinski definition) is 1. The van der Waals surface area contributed by atoms with E-state index < -0.39 is 0 Å². The van der Waals surface area contributed by atoms with Gasteiger partial charge in [0.15, 0.2) is 0 Å². The van der Waals surface area contributed by atoms with Gasteiger partial charge < -0.3 is 5.32 Å². The predicted molar refractivity (Wildman–Crippen MR) is 121 cm³/mol. The van der Waals surface area contributed by atoms with Gasteiger partial charge in [0.2, 0.25) is 0 Å². The lowest BCUT2D eigenvalue weighted by molar-refractivity contribution is 0.505. The summed E-state index contributed by atoms with van der Waals surface area (Å²) in [5.41, 5.74) is 4.53. The van der Waals surface area contributed by atoms with Gasteiger partial charge in [-0.05, 0) is 37.6 Å². The third-order valence-electron chi connectivity index (χ3n) is 4.85. The minimum Gasteiger partial charge on any atom is -0.366 e. The molecule has 0 saturated heterocycles. The van der Waals surface area contributed by atoms with Gasteiger partial charge in [0, 0.05) is 23.7 Å². The molecule has 2 heterocycles. The van der Waals surface area contributed by atoms with E-state index in [1.54, 1.807) is 12.1 Å². The van der Waals surface area contributed by atoms with Crippen molar-refractivity contribution in [2.45, 2.75) is 26.4 Å². The third-order valence-corrected chi connectivity index (χ3v) is 4.85. The van der Waals surface area contributed by atoms with Crippen LogP contribution >= 0.6 is 0 Å². The van der Waals surface area contributed by atoms with Crippen molar-refractivity contribution in [1.82, 2.24) is 14.8 Å². The lowest BCUT2D eigenvalue weighted by Crippen LogP contribution is -2.24. The predicted octanol–water partition coefficient (Wildman–Crippen LogP) is 5.17. The second-order valence-corrected chi connectivity index (χ2v) is 7.39. The van der Waals surface area contributed by atoms with Crippen LogP contribution in [0, 0.1) is 0 Å². The Morgan fingerprint density at radius 3 is 2.27 bits per heavy atom. The summed E-state index contributed by atoms with van der Waals surface area (Å²) in [6.45, 7) is 4.59. The van der Waals surface area contributed by atoms with Crippen molar-refractivity contribution in [2.75, 3.05) is 5.32 Å². The molecule has 0 aliphatic carbocycles. The first-order valence-corrected chi connectivity index (χ1v) is 10.1. The Morgan fingerprint density at radius 1 is 0.867 bits per heavy atom. The molecule has 0 aliphatic heterocycles. The van der Waals surface area contributed by atoms with Crippen LogP contribution in [0.1, 0.15) is 25.5 Å². The Labute approximate surface area is 176 Å². The first kappa shape index (κ1) is 19.6. The zero-order valence-corrected chi connectivity index (χ0v) is 17.1. The normalized spacial score (nSPS) is 10.9. The van der Waals surface area contributed by atoms with Gasteiger partial charge in [-0.15, -0.1) is 0 Å². The first-order valence-electron chi connectivity index (χ1n) is 10.1. The number of hydrogen-bond acceptors (Lipinski definition) is 4. The molecular weight excluding hydrogens is 372 g/mol. The second kappa shape index (κ2) is 8.74. The molecule has 0 saturated carbocycles. The molecular formula is C25H24N4O. The van der Waals surface area contributed by atoms with Crippen LogP contribution in [-0.4, -0.2) is 14.8 Å². The van der Waals surface area contributed by atoms with Gasteiger partial charge >= 0.3 is 0 Å². The van der Waals surface area contributed by atoms with Crippen LogP contribution in [0.4, 0.5) is 5.82 Å². The van der Waals surface area contributed by atoms with E-state index in [0.29, 0.717) is 6.54 Å². The van der Waals surface area contributed by atoms with Crippen molar-refractivity contribution < 1.29 is 0 Å². The molecule has 4 rings (SSSR count). The SMILES string of the molecule is CC(C)n1nc(-c2ccc(NCc3ccccc3)nc2-c2ccccc2)ccc1=O. The third kappa shape index (κ3) is 4.30. The molecule has 0 aliphatic rings. The minimum absolute atomic E-state index is 0.0163. The smallest absolute Gasteiger partial charge is 0.267 e. The summed E-state index contributed by atoms with van der Waals surface area (Å²) in [5, 5.41) is 8.00. The zero-order chi connectivity index (χ0) is 20.9. The van der Waals surface area contributed by atoms with Crippen LogP contribution in [0.2, 0.25) is 0 Å². The molecule has 5 nitrogen and oxygen atoms in total. The van der Waals surface area contributed by atoms with Crippen LogP contribution in [0.25, 0.3) is 22.5 Å². The van der Waals surface area contributed by atoms with Gasteiger partial charge in [-0.1, -0.05) is 60.7 Å². The molecule has 2 aromatic carbocycles. The highest BCUT2D eigenvalue weighted by atomic mass is 16.1. The van der Waals surface area contributed by atoms with Crippen LogP contribution in [0.3, 0.4) is 0 Å². The summed E-state index contributed by atoms with van der Waals surface area (Å²) in [6, 6.07) is 27.5. The highest BCUT2D eigenvalue weighted by Gasteiger charge is 2.14. The molecule has 0 amide bonds. The van der Waals surface area contributed by atoms with Crippen molar-refractivity contribution in [3.8, 4) is 22.5 Å². The number of anilines is 1. The number of nitrogens with zero attached hydrogens (tertiary/aromatic N) is 3. The molecule has 0 atom stereocenters. The minimum atomic E-state index is -0.107. The van der Waals surface area contributed by atoms with Crippen molar-refractivity contribution in [3.05, 3.63) is 101 Å². The second-order valence-electron chi connectivity index (χ2n) is 7.39. The average Bonchev–Trinajstić information content (AvgIpc) is 2.79. The topological polar surface area (TPSA) is 59.8 Å². The van der Waals surface area contributed by atoms with E-state index in [2.05, 4.69) is 22.5 Å². The fourth-order valence-corrected chi connectivity index (χ4v) is 3.31. The highest BCUT2D eigenvalue weighted by molar-refractivity contribution is 5.80. The van der Waals surface area contributed by atoms with Gasteiger partial charge in [0.25, 0.3) is 5.56 Å². The maximum Gasteiger partial charge on any atom is 0.267 e. The average molecular weight is 396 g/mol. The van der Waals surface area contributed by atoms with Crippen molar-refractivity contribution >= 4 is 5.82 Å². The van der Waals surface area contributed by atoms with Crippen LogP contribution in [0.5, 0.6) is 0 Å². The largest absolute Gasteiger partial charge is 0.366 e. The van der Waals surface area contributed by atoms with E-state index >= 15 is 0 Å². The standard InChI is InChI=1S/C25H24N4O/c1-18(2)29-24(30)16-14-22(28-29)21-13-15-23(26-17-19-9-5-3-6-10-19)27-25(21)20-11-7-4-8-12-20/h3-16,18H,17H2,1-2H3,(H,26,27). The van der Waals surface area contributed by atoms with Crippen LogP contribution in [0.15, 0.2) is 89.7 Å². The molecule has 2 aromatic heterocycles. The molecule has 1 N–H and O–H groups in total. The van der Waals surface area contributed by atoms with E-state index in [1.165, 1.54) is 10.2 Å². The van der Waals surface area contributed by atoms with E-state index in [9.17, 15) is 4.79 Å². The summed E-state index contributed by atoms with van der Waals surface area (Å²) in [5.74, 6) is 0.790. The summed E-state index contributed by atoms with van der Waals surface area (Å²) in [7, 11) is 0. The maximum atomic E-state index is 12.1. The van der Waals surface area contributed by atoms with Gasteiger partial charge in [-0.2, -0.15) is 5.10 Å². The Balaban J connectivity index is 1.75. The maximum absolute atomic E-state index is 12.1. The van der Waals surface area contributed by atoms with E-state index in [4.69, 9.17) is 4.98 Å². The number of aromatic nitrogens is 3. The Morgan fingerprint density at radius 2 is 1.57 bits per heavy atom. The number of rotatable bonds is 6. The molecule has 5 heteroatoms. The van der Waals surface area contributed by atoms with E-state index in [-0.39, 0.29) is 11.6 Å². The molecule has 0 fully saturated rings. The number of pyridine rings is 1. The monoisotopic (exact) mass is 396 g/mol. The van der Waals surface area contributed by atoms with Gasteiger partial charge in [-0.25, -0.2) is 9.67 Å². The Bertz CT molecular complexity index is 1180. The molecule has 0 radical (unpaired) electrons. The molecule has 0 spiro atoms. The molecule has 30 heavy (non-hydrogen) atoms. The summed E-state index contributed by atoms with van der Waals surface area (Å²) in [4.78, 5) is 17.0. The highest BCUT2D eigenvalue weighted by Crippen LogP contribution is 2.30. The number of nitrogens with one attached hydrogen (secondary N) is 1. The molecule has 4 aromatic rings. The molecule has 0 bridgehead atoms. The summed E-state index contributed by atoms with van der Waals surface area (Å²) < 4.78 is 1.51. The lowest BCUT2D eigenvalue weighted by atomic mass is 10.0. The fraction of sp³-hybridized carbons (Fsp3) is 0.160. The molecule has 150 valence electrons. The Kier molecular flexibility index (Phi) is 5.70. The van der Waals surface area contributed by atoms with Gasteiger partial charge in [0.1, 0.15) is 5.82 Å². The van der Waals surface area contributed by atoms with Crippen molar-refractivity contribution in [3.63, 3.8) is 0 Å². The first-order chi connectivity index (χ1) is 14.6. The van der Waals surface area contributed by atoms with Crippen LogP contribution < -0.4 is 10.9 Å². The van der Waals surface area contributed by atoms with E-state index in [1.807, 2.05) is 74.5 Å². The van der Waals surface area contributed by atoms with E-state index in [0.717, 1.165) is 28.3 Å². The fourth-order valence-electron chi connectivity index (χ4n) is 3.31. The van der Waals surface area contributed by atoms with Crippen LogP contribution in [-0.2, 0) is 6.54 Å². The van der Waals surface area contributed by atoms with Gasteiger partial charge in [-0.3, -0.25) is 4.79 Å². The molecule has 0 unspecified atom stereocenters. The quantitative estimate of drug-likeness (QED) is 0.489. The summed E-state index contributed by atoms with van der Waals surface area (Å²) >= 11 is 0. The summed E-state index contributed by atoms with van der Waals surface area (Å²) in [6.07, 6.45) is 0. The Hall–Kier alpha value is -3.73. The van der Waals surface area contributed by atoms with Crippen molar-refractivity contribution in [2.24, 2.45) is 0 Å². The number of benzene rings is 2. The zero-order valence-electron chi connectivity index (χ0n) is 17.1.